The van der Waals surface area contributed by atoms with Crippen LogP contribution in [0.1, 0.15) is 16.8 Å². The van der Waals surface area contributed by atoms with E-state index < -0.39 is 23.2 Å². The molecule has 0 unspecified atom stereocenters. The average Bonchev–Trinajstić information content (AvgIpc) is 2.81. The van der Waals surface area contributed by atoms with Crippen LogP contribution in [-0.2, 0) is 28.7 Å². The molecule has 8 nitrogen and oxygen atoms in total. The first kappa shape index (κ1) is 25.8. The van der Waals surface area contributed by atoms with Crippen molar-refractivity contribution in [2.24, 2.45) is 0 Å². The highest BCUT2D eigenvalue weighted by atomic mass is 32.2. The molecule has 0 atom stereocenters. The van der Waals surface area contributed by atoms with Gasteiger partial charge in [0.05, 0.1) is 30.5 Å². The average molecular weight is 507 g/mol. The number of benzene rings is 2. The molecular formula is C23H21F3N4O4S. The molecule has 0 aliphatic rings. The van der Waals surface area contributed by atoms with Gasteiger partial charge in [0.2, 0.25) is 11.8 Å². The number of ether oxygens (including phenoxy) is 1. The molecule has 0 aliphatic heterocycles. The van der Waals surface area contributed by atoms with E-state index >= 15 is 0 Å². The number of aromatic nitrogens is 2. The normalized spacial score (nSPS) is 11.1. The quantitative estimate of drug-likeness (QED) is 0.303. The second kappa shape index (κ2) is 11.6. The van der Waals surface area contributed by atoms with Gasteiger partial charge in [0, 0.05) is 18.3 Å². The van der Waals surface area contributed by atoms with E-state index in [0.29, 0.717) is 5.75 Å². The molecular weight excluding hydrogens is 485 g/mol. The van der Waals surface area contributed by atoms with Gasteiger partial charge in [-0.25, -0.2) is 4.98 Å². The Bertz CT molecular complexity index is 1250. The molecule has 3 aromatic rings. The highest BCUT2D eigenvalue weighted by molar-refractivity contribution is 7.99. The van der Waals surface area contributed by atoms with E-state index in [-0.39, 0.29) is 41.2 Å². The van der Waals surface area contributed by atoms with Gasteiger partial charge >= 0.3 is 6.18 Å². The molecule has 0 saturated heterocycles. The number of amides is 2. The fourth-order valence-corrected chi connectivity index (χ4v) is 3.62. The minimum atomic E-state index is -4.47. The molecule has 3 N–H and O–H groups in total. The molecule has 3 rings (SSSR count). The van der Waals surface area contributed by atoms with Crippen LogP contribution in [0.2, 0.25) is 0 Å². The summed E-state index contributed by atoms with van der Waals surface area (Å²) in [5.74, 6) is -0.340. The lowest BCUT2D eigenvalue weighted by Gasteiger charge is -2.09. The van der Waals surface area contributed by atoms with Crippen molar-refractivity contribution in [2.75, 3.05) is 18.2 Å². The summed E-state index contributed by atoms with van der Waals surface area (Å²) in [4.78, 5) is 43.0. The van der Waals surface area contributed by atoms with Crippen LogP contribution < -0.4 is 20.9 Å². The Balaban J connectivity index is 1.52. The van der Waals surface area contributed by atoms with Gasteiger partial charge in [-0.05, 0) is 42.0 Å². The number of carbonyl (C=O) groups is 2. The number of thioether (sulfide) groups is 1. The molecule has 1 heterocycles. The Hall–Kier alpha value is -3.80. The van der Waals surface area contributed by atoms with Crippen molar-refractivity contribution >= 4 is 29.3 Å². The van der Waals surface area contributed by atoms with Crippen LogP contribution >= 0.6 is 11.8 Å². The Morgan fingerprint density at radius 2 is 1.83 bits per heavy atom. The number of carbonyl (C=O) groups excluding carboxylic acids is 2. The van der Waals surface area contributed by atoms with E-state index in [1.54, 1.807) is 25.3 Å². The summed E-state index contributed by atoms with van der Waals surface area (Å²) < 4.78 is 43.0. The summed E-state index contributed by atoms with van der Waals surface area (Å²) in [7, 11) is 1.55. The van der Waals surface area contributed by atoms with Gasteiger partial charge in [0.25, 0.3) is 5.56 Å². The van der Waals surface area contributed by atoms with E-state index in [1.807, 2.05) is 6.07 Å². The fourth-order valence-electron chi connectivity index (χ4n) is 2.93. The van der Waals surface area contributed by atoms with Crippen LogP contribution in [0.15, 0.2) is 64.5 Å². The number of hydrogen-bond acceptors (Lipinski definition) is 6. The molecule has 12 heteroatoms. The van der Waals surface area contributed by atoms with Gasteiger partial charge in [0.1, 0.15) is 5.75 Å². The third kappa shape index (κ3) is 8.18. The molecule has 35 heavy (non-hydrogen) atoms. The molecule has 2 amide bonds. The third-order valence-corrected chi connectivity index (χ3v) is 5.45. The number of aromatic amines is 1. The molecule has 0 spiro atoms. The lowest BCUT2D eigenvalue weighted by molar-refractivity contribution is -0.137. The molecule has 0 bridgehead atoms. The monoisotopic (exact) mass is 506 g/mol. The summed E-state index contributed by atoms with van der Waals surface area (Å²) in [5.41, 5.74) is -0.0434. The number of alkyl halides is 3. The Labute approximate surface area is 202 Å². The number of nitrogens with one attached hydrogen (secondary N) is 3. The van der Waals surface area contributed by atoms with Gasteiger partial charge in [0.15, 0.2) is 5.16 Å². The summed E-state index contributed by atoms with van der Waals surface area (Å²) in [5, 5.41) is 5.35. The van der Waals surface area contributed by atoms with Gasteiger partial charge in [-0.1, -0.05) is 23.9 Å². The van der Waals surface area contributed by atoms with Crippen LogP contribution in [0.3, 0.4) is 0 Å². The van der Waals surface area contributed by atoms with E-state index in [1.165, 1.54) is 6.07 Å². The van der Waals surface area contributed by atoms with Crippen LogP contribution in [0.25, 0.3) is 0 Å². The van der Waals surface area contributed by atoms with Gasteiger partial charge < -0.3 is 20.4 Å². The first-order valence-corrected chi connectivity index (χ1v) is 11.2. The van der Waals surface area contributed by atoms with Crippen molar-refractivity contribution in [3.05, 3.63) is 81.8 Å². The van der Waals surface area contributed by atoms with E-state index in [0.717, 1.165) is 41.6 Å². The Kier molecular flexibility index (Phi) is 8.53. The number of halogens is 3. The minimum Gasteiger partial charge on any atom is -0.497 e. The van der Waals surface area contributed by atoms with Crippen molar-refractivity contribution in [2.45, 2.75) is 24.3 Å². The first-order valence-electron chi connectivity index (χ1n) is 10.2. The zero-order valence-corrected chi connectivity index (χ0v) is 19.3. The SMILES string of the molecule is COc1cccc(CNC(=O)Cc2cc(=O)[nH]c(SCC(=O)Nc3ccc(C(F)(F)F)cc3)n2)c1. The summed E-state index contributed by atoms with van der Waals surface area (Å²) in [6.45, 7) is 0.269. The largest absolute Gasteiger partial charge is 0.497 e. The van der Waals surface area contributed by atoms with Crippen molar-refractivity contribution in [3.8, 4) is 5.75 Å². The van der Waals surface area contributed by atoms with Crippen molar-refractivity contribution < 1.29 is 27.5 Å². The minimum absolute atomic E-state index is 0.135. The van der Waals surface area contributed by atoms with E-state index in [9.17, 15) is 27.6 Å². The van der Waals surface area contributed by atoms with Crippen LogP contribution in [-0.4, -0.2) is 34.6 Å². The molecule has 184 valence electrons. The maximum atomic E-state index is 12.6. The topological polar surface area (TPSA) is 113 Å². The van der Waals surface area contributed by atoms with Gasteiger partial charge in [-0.3, -0.25) is 14.4 Å². The number of hydrogen-bond donors (Lipinski definition) is 3. The van der Waals surface area contributed by atoms with E-state index in [4.69, 9.17) is 4.74 Å². The highest BCUT2D eigenvalue weighted by Gasteiger charge is 2.30. The standard InChI is InChI=1S/C23H21F3N4O4S/c1-34-18-4-2-3-14(9-18)12-27-19(31)10-17-11-20(32)30-22(29-17)35-13-21(33)28-16-7-5-15(6-8-16)23(24,25)26/h2-9,11H,10,12-13H2,1H3,(H,27,31)(H,28,33)(H,29,30,32). The number of rotatable bonds is 9. The zero-order valence-electron chi connectivity index (χ0n) is 18.4. The molecule has 0 saturated carbocycles. The Morgan fingerprint density at radius 3 is 2.51 bits per heavy atom. The number of H-pyrrole nitrogens is 1. The Morgan fingerprint density at radius 1 is 1.09 bits per heavy atom. The van der Waals surface area contributed by atoms with Crippen molar-refractivity contribution in [1.29, 1.82) is 0 Å². The lowest BCUT2D eigenvalue weighted by Crippen LogP contribution is -2.26. The van der Waals surface area contributed by atoms with Crippen molar-refractivity contribution in [1.82, 2.24) is 15.3 Å². The maximum Gasteiger partial charge on any atom is 0.416 e. The fraction of sp³-hybridized carbons (Fsp3) is 0.217. The second-order valence-electron chi connectivity index (χ2n) is 7.26. The van der Waals surface area contributed by atoms with Gasteiger partial charge in [-0.2, -0.15) is 13.2 Å². The van der Waals surface area contributed by atoms with Crippen LogP contribution in [0.5, 0.6) is 5.75 Å². The van der Waals surface area contributed by atoms with Crippen LogP contribution in [0.4, 0.5) is 18.9 Å². The lowest BCUT2D eigenvalue weighted by atomic mass is 10.2. The van der Waals surface area contributed by atoms with Crippen LogP contribution in [0, 0.1) is 0 Å². The van der Waals surface area contributed by atoms with Crippen molar-refractivity contribution in [3.63, 3.8) is 0 Å². The number of anilines is 1. The summed E-state index contributed by atoms with van der Waals surface area (Å²) in [6.07, 6.45) is -4.61. The molecule has 1 aromatic heterocycles. The van der Waals surface area contributed by atoms with E-state index in [2.05, 4.69) is 20.6 Å². The zero-order chi connectivity index (χ0) is 25.4. The second-order valence-corrected chi connectivity index (χ2v) is 8.22. The maximum absolute atomic E-state index is 12.6. The highest BCUT2D eigenvalue weighted by Crippen LogP contribution is 2.29. The smallest absolute Gasteiger partial charge is 0.416 e. The summed E-state index contributed by atoms with van der Waals surface area (Å²) >= 11 is 0.921. The third-order valence-electron chi connectivity index (χ3n) is 4.57. The number of methoxy groups -OCH3 is 1. The molecule has 0 fully saturated rings. The van der Waals surface area contributed by atoms with Gasteiger partial charge in [-0.15, -0.1) is 0 Å². The predicted molar refractivity (Wildman–Crippen MR) is 124 cm³/mol. The summed E-state index contributed by atoms with van der Waals surface area (Å²) in [6, 6.07) is 12.4. The first-order chi connectivity index (χ1) is 16.6. The molecule has 0 radical (unpaired) electrons. The predicted octanol–water partition coefficient (Wildman–Crippen LogP) is 3.39. The molecule has 0 aliphatic carbocycles. The molecule has 2 aromatic carbocycles. The number of nitrogens with zero attached hydrogens (tertiary/aromatic N) is 1.